The fourth-order valence-electron chi connectivity index (χ4n) is 7.91. The fourth-order valence-corrected chi connectivity index (χ4v) is 7.91. The molecule has 6 heteroatoms. The molecule has 1 aliphatic heterocycles. The predicted molar refractivity (Wildman–Crippen MR) is 112 cm³/mol. The van der Waals surface area contributed by atoms with E-state index in [9.17, 15) is 9.90 Å². The number of hydrogen-bond donors (Lipinski definition) is 1. The van der Waals surface area contributed by atoms with Crippen molar-refractivity contribution < 1.29 is 9.90 Å². The highest BCUT2D eigenvalue weighted by Crippen LogP contribution is 2.59. The zero-order valence-corrected chi connectivity index (χ0v) is 18.3. The molecule has 1 amide bonds. The number of aromatic nitrogens is 2. The maximum Gasteiger partial charge on any atom is 0.244 e. The van der Waals surface area contributed by atoms with E-state index in [2.05, 4.69) is 23.0 Å². The number of carbonyl (C=O) groups is 1. The normalized spacial score (nSPS) is 42.7. The van der Waals surface area contributed by atoms with Crippen LogP contribution in [0, 0.1) is 40.9 Å². The van der Waals surface area contributed by atoms with Gasteiger partial charge in [0.05, 0.1) is 17.4 Å². The first-order valence-corrected chi connectivity index (χ1v) is 11.8. The van der Waals surface area contributed by atoms with Crippen LogP contribution in [-0.4, -0.2) is 43.4 Å². The fraction of sp³-hybridized carbons (Fsp3) is 0.792. The lowest BCUT2D eigenvalue weighted by molar-refractivity contribution is -0.142. The van der Waals surface area contributed by atoms with Crippen LogP contribution >= 0.6 is 0 Å². The quantitative estimate of drug-likeness (QED) is 0.811. The second kappa shape index (κ2) is 7.09. The summed E-state index contributed by atoms with van der Waals surface area (Å²) in [4.78, 5) is 15.3. The van der Waals surface area contributed by atoms with Crippen molar-refractivity contribution in [3.05, 3.63) is 18.0 Å². The van der Waals surface area contributed by atoms with Crippen molar-refractivity contribution in [1.29, 1.82) is 5.26 Å². The van der Waals surface area contributed by atoms with E-state index in [0.29, 0.717) is 17.4 Å². The van der Waals surface area contributed by atoms with Crippen LogP contribution in [0.1, 0.15) is 70.8 Å². The molecule has 5 rings (SSSR count). The van der Waals surface area contributed by atoms with Crippen molar-refractivity contribution in [2.24, 2.45) is 29.6 Å². The lowest BCUT2D eigenvalue weighted by Crippen LogP contribution is -2.57. The summed E-state index contributed by atoms with van der Waals surface area (Å²) >= 11 is 0. The van der Waals surface area contributed by atoms with E-state index in [1.54, 1.807) is 10.9 Å². The highest BCUT2D eigenvalue weighted by atomic mass is 16.3. The average molecular weight is 411 g/mol. The first-order valence-electron chi connectivity index (χ1n) is 11.8. The number of fused-ring (bicyclic) bond motifs is 5. The van der Waals surface area contributed by atoms with E-state index >= 15 is 0 Å². The number of likely N-dealkylation sites (tertiary alicyclic amines) is 1. The minimum absolute atomic E-state index is 0.0452. The maximum atomic E-state index is 13.2. The molecule has 2 heterocycles. The Kier molecular flexibility index (Phi) is 4.74. The number of nitriles is 1. The summed E-state index contributed by atoms with van der Waals surface area (Å²) in [7, 11) is 0. The molecule has 3 aliphatic carbocycles. The molecule has 0 radical (unpaired) electrons. The van der Waals surface area contributed by atoms with Crippen LogP contribution in [0.15, 0.2) is 12.4 Å². The molecule has 30 heavy (non-hydrogen) atoms. The number of rotatable bonds is 2. The van der Waals surface area contributed by atoms with Gasteiger partial charge in [-0.3, -0.25) is 9.48 Å². The molecule has 6 nitrogen and oxygen atoms in total. The molecular weight excluding hydrogens is 376 g/mol. The third-order valence-electron chi connectivity index (χ3n) is 9.23. The molecular formula is C24H34N4O2. The van der Waals surface area contributed by atoms with Gasteiger partial charge in [0.25, 0.3) is 0 Å². The number of nitrogens with zero attached hydrogens (tertiary/aromatic N) is 4. The van der Waals surface area contributed by atoms with E-state index in [-0.39, 0.29) is 18.0 Å². The molecule has 162 valence electrons. The van der Waals surface area contributed by atoms with Crippen LogP contribution in [0.5, 0.6) is 0 Å². The van der Waals surface area contributed by atoms with Crippen molar-refractivity contribution >= 4 is 5.91 Å². The molecule has 3 saturated carbocycles. The number of hydrogen-bond acceptors (Lipinski definition) is 4. The summed E-state index contributed by atoms with van der Waals surface area (Å²) in [6, 6.07) is 2.08. The predicted octanol–water partition coefficient (Wildman–Crippen LogP) is 3.35. The van der Waals surface area contributed by atoms with Crippen LogP contribution < -0.4 is 0 Å². The van der Waals surface area contributed by atoms with E-state index in [1.807, 2.05) is 6.92 Å². The minimum Gasteiger partial charge on any atom is -0.390 e. The first-order chi connectivity index (χ1) is 14.3. The zero-order chi connectivity index (χ0) is 21.1. The van der Waals surface area contributed by atoms with Crippen LogP contribution in [0.4, 0.5) is 0 Å². The molecule has 3 unspecified atom stereocenters. The van der Waals surface area contributed by atoms with Gasteiger partial charge in [-0.2, -0.15) is 10.4 Å². The Hall–Kier alpha value is -1.87. The topological polar surface area (TPSA) is 82.1 Å². The van der Waals surface area contributed by atoms with Gasteiger partial charge >= 0.3 is 0 Å². The van der Waals surface area contributed by atoms with Gasteiger partial charge in [-0.15, -0.1) is 0 Å². The smallest absolute Gasteiger partial charge is 0.244 e. The van der Waals surface area contributed by atoms with Crippen LogP contribution in [0.2, 0.25) is 0 Å². The Morgan fingerprint density at radius 3 is 2.77 bits per heavy atom. The number of amides is 1. The largest absolute Gasteiger partial charge is 0.390 e. The molecule has 1 aromatic rings. The van der Waals surface area contributed by atoms with Gasteiger partial charge in [-0.1, -0.05) is 0 Å². The molecule has 7 atom stereocenters. The molecule has 0 aromatic carbocycles. The standard InChI is InChI=1S/C24H34N4O2/c1-23(30)8-5-18-17(11-23)3-4-20-19(18)6-9-24(2)21(20)7-10-28(24)22(29)15-27-14-16(12-25)13-26-27/h13-14,17-21,30H,3-11,15H2,1-2H3/t17-,18+,19?,20?,21?,23-,24+/m1/s1. The Balaban J connectivity index is 1.30. The highest BCUT2D eigenvalue weighted by molar-refractivity contribution is 5.77. The minimum atomic E-state index is -0.467. The summed E-state index contributed by atoms with van der Waals surface area (Å²) < 4.78 is 1.60. The van der Waals surface area contributed by atoms with E-state index < -0.39 is 5.60 Å². The molecule has 1 aromatic heterocycles. The Morgan fingerprint density at radius 2 is 2.00 bits per heavy atom. The van der Waals surface area contributed by atoms with Gasteiger partial charge in [-0.25, -0.2) is 0 Å². The lowest BCUT2D eigenvalue weighted by Gasteiger charge is -2.57. The van der Waals surface area contributed by atoms with E-state index in [4.69, 9.17) is 5.26 Å². The Morgan fingerprint density at radius 1 is 1.20 bits per heavy atom. The molecule has 1 N–H and O–H groups in total. The van der Waals surface area contributed by atoms with Crippen LogP contribution in [0.25, 0.3) is 0 Å². The summed E-state index contributed by atoms with van der Waals surface area (Å²) in [5, 5.41) is 23.7. The Bertz CT molecular complexity index is 871. The number of aliphatic hydroxyl groups is 1. The van der Waals surface area contributed by atoms with Crippen molar-refractivity contribution in [2.45, 2.75) is 82.9 Å². The van der Waals surface area contributed by atoms with Crippen molar-refractivity contribution in [2.75, 3.05) is 6.54 Å². The van der Waals surface area contributed by atoms with Crippen molar-refractivity contribution in [3.8, 4) is 6.07 Å². The van der Waals surface area contributed by atoms with Gasteiger partial charge in [0, 0.05) is 18.3 Å². The zero-order valence-electron chi connectivity index (χ0n) is 18.3. The maximum absolute atomic E-state index is 13.2. The summed E-state index contributed by atoms with van der Waals surface area (Å²) in [6.45, 7) is 5.41. The van der Waals surface area contributed by atoms with Gasteiger partial charge in [0.15, 0.2) is 0 Å². The SMILES string of the molecule is C[C@@]1(O)CC[C@@H]2C3CC[C@@]4(C)C(CCN4C(=O)Cn4cc(C#N)cn4)C3CC[C@@H]2C1. The van der Waals surface area contributed by atoms with Gasteiger partial charge in [0.1, 0.15) is 12.6 Å². The molecule has 0 spiro atoms. The molecule has 0 bridgehead atoms. The molecule has 4 aliphatic rings. The number of carbonyl (C=O) groups excluding carboxylic acids is 1. The van der Waals surface area contributed by atoms with Gasteiger partial charge < -0.3 is 10.0 Å². The third kappa shape index (κ3) is 3.17. The van der Waals surface area contributed by atoms with Crippen molar-refractivity contribution in [1.82, 2.24) is 14.7 Å². The Labute approximate surface area is 179 Å². The van der Waals surface area contributed by atoms with E-state index in [0.717, 1.165) is 50.0 Å². The summed E-state index contributed by atoms with van der Waals surface area (Å²) in [6.07, 6.45) is 12.2. The average Bonchev–Trinajstić information content (AvgIpc) is 3.30. The molecule has 1 saturated heterocycles. The second-order valence-corrected chi connectivity index (χ2v) is 10.9. The molecule has 4 fully saturated rings. The van der Waals surface area contributed by atoms with Crippen molar-refractivity contribution in [3.63, 3.8) is 0 Å². The lowest BCUT2D eigenvalue weighted by atomic mass is 9.51. The summed E-state index contributed by atoms with van der Waals surface area (Å²) in [5.41, 5.74) is -0.0145. The summed E-state index contributed by atoms with van der Waals surface area (Å²) in [5.74, 6) is 3.68. The van der Waals surface area contributed by atoms with Crippen LogP contribution in [0.3, 0.4) is 0 Å². The van der Waals surface area contributed by atoms with Crippen LogP contribution in [-0.2, 0) is 11.3 Å². The van der Waals surface area contributed by atoms with Gasteiger partial charge in [-0.05, 0) is 94.8 Å². The van der Waals surface area contributed by atoms with Gasteiger partial charge in [0.2, 0.25) is 5.91 Å². The monoisotopic (exact) mass is 410 g/mol. The first kappa shape index (κ1) is 20.1. The second-order valence-electron chi connectivity index (χ2n) is 10.9. The van der Waals surface area contributed by atoms with E-state index in [1.165, 1.54) is 31.9 Å². The highest BCUT2D eigenvalue weighted by Gasteiger charge is 2.57. The third-order valence-corrected chi connectivity index (χ3v) is 9.23.